The SMILES string of the molecule is Cl.N[C@@H]1CCC[C@H]1CC(=O)NCc1ccccc1OCC(F)(F)F. The molecule has 0 aromatic heterocycles. The molecule has 8 heteroatoms. The number of nitrogens with one attached hydrogen (secondary N) is 1. The van der Waals surface area contributed by atoms with Crippen molar-refractivity contribution >= 4 is 18.3 Å². The van der Waals surface area contributed by atoms with Crippen LogP contribution in [0.15, 0.2) is 24.3 Å². The van der Waals surface area contributed by atoms with E-state index in [1.807, 2.05) is 0 Å². The number of halogens is 4. The van der Waals surface area contributed by atoms with Crippen molar-refractivity contribution in [1.29, 1.82) is 0 Å². The minimum Gasteiger partial charge on any atom is -0.484 e. The normalized spacial score (nSPS) is 20.3. The van der Waals surface area contributed by atoms with E-state index in [1.54, 1.807) is 18.2 Å². The molecule has 0 saturated heterocycles. The fourth-order valence-electron chi connectivity index (χ4n) is 2.77. The number of nitrogens with two attached hydrogens (primary N) is 1. The number of carbonyl (C=O) groups is 1. The van der Waals surface area contributed by atoms with Crippen LogP contribution in [0.2, 0.25) is 0 Å². The lowest BCUT2D eigenvalue weighted by atomic mass is 10.00. The van der Waals surface area contributed by atoms with Crippen LogP contribution in [0.1, 0.15) is 31.2 Å². The molecular weight excluding hydrogens is 345 g/mol. The van der Waals surface area contributed by atoms with Gasteiger partial charge in [-0.3, -0.25) is 4.79 Å². The van der Waals surface area contributed by atoms with Crippen molar-refractivity contribution in [2.45, 2.75) is 44.4 Å². The molecule has 1 amide bonds. The van der Waals surface area contributed by atoms with Gasteiger partial charge in [-0.05, 0) is 24.8 Å². The van der Waals surface area contributed by atoms with Crippen LogP contribution >= 0.6 is 12.4 Å². The highest BCUT2D eigenvalue weighted by molar-refractivity contribution is 5.85. The Bertz CT molecular complexity index is 540. The largest absolute Gasteiger partial charge is 0.484 e. The lowest BCUT2D eigenvalue weighted by molar-refractivity contribution is -0.153. The minimum absolute atomic E-state index is 0. The maximum absolute atomic E-state index is 12.2. The Morgan fingerprint density at radius 2 is 2.00 bits per heavy atom. The van der Waals surface area contributed by atoms with Crippen LogP contribution in [0.25, 0.3) is 0 Å². The van der Waals surface area contributed by atoms with Gasteiger partial charge in [0.05, 0.1) is 0 Å². The molecule has 1 aliphatic rings. The second-order valence-corrected chi connectivity index (χ2v) is 5.85. The number of hydrogen-bond acceptors (Lipinski definition) is 3. The Hall–Kier alpha value is -1.47. The van der Waals surface area contributed by atoms with E-state index in [2.05, 4.69) is 5.32 Å². The molecule has 1 saturated carbocycles. The molecule has 2 atom stereocenters. The molecule has 0 bridgehead atoms. The number of benzene rings is 1. The Morgan fingerprint density at radius 1 is 1.29 bits per heavy atom. The molecule has 0 radical (unpaired) electrons. The van der Waals surface area contributed by atoms with Crippen molar-refractivity contribution in [3.05, 3.63) is 29.8 Å². The Kier molecular flexibility index (Phi) is 7.83. The first-order chi connectivity index (χ1) is 10.8. The highest BCUT2D eigenvalue weighted by Gasteiger charge is 2.29. The number of rotatable bonds is 6. The van der Waals surface area contributed by atoms with Crippen molar-refractivity contribution in [3.8, 4) is 5.75 Å². The quantitative estimate of drug-likeness (QED) is 0.812. The Labute approximate surface area is 145 Å². The van der Waals surface area contributed by atoms with Crippen molar-refractivity contribution in [3.63, 3.8) is 0 Å². The number of ether oxygens (including phenoxy) is 1. The third-order valence-electron chi connectivity index (χ3n) is 4.01. The maximum atomic E-state index is 12.2. The number of alkyl halides is 3. The molecule has 0 aliphatic heterocycles. The third-order valence-corrected chi connectivity index (χ3v) is 4.01. The molecule has 0 heterocycles. The van der Waals surface area contributed by atoms with E-state index in [-0.39, 0.29) is 42.6 Å². The van der Waals surface area contributed by atoms with Crippen molar-refractivity contribution in [1.82, 2.24) is 5.32 Å². The smallest absolute Gasteiger partial charge is 0.422 e. The Balaban J connectivity index is 0.00000288. The standard InChI is InChI=1S/C16H21F3N2O2.ClH/c17-16(18,19)10-23-14-7-2-1-4-12(14)9-21-15(22)8-11-5-3-6-13(11)20;/h1-2,4,7,11,13H,3,5-6,8-10,20H2,(H,21,22);1H/t11-,13+;/m0./s1. The zero-order valence-corrected chi connectivity index (χ0v) is 14.0. The summed E-state index contributed by atoms with van der Waals surface area (Å²) < 4.78 is 41.5. The highest BCUT2D eigenvalue weighted by Crippen LogP contribution is 2.27. The second-order valence-electron chi connectivity index (χ2n) is 5.85. The summed E-state index contributed by atoms with van der Waals surface area (Å²) in [4.78, 5) is 12.0. The number of para-hydroxylation sites is 1. The molecule has 136 valence electrons. The summed E-state index contributed by atoms with van der Waals surface area (Å²) in [6, 6.07) is 6.43. The van der Waals surface area contributed by atoms with Crippen molar-refractivity contribution in [2.75, 3.05) is 6.61 Å². The van der Waals surface area contributed by atoms with E-state index in [0.717, 1.165) is 19.3 Å². The average Bonchev–Trinajstić information content (AvgIpc) is 2.88. The number of carbonyl (C=O) groups excluding carboxylic acids is 1. The first-order valence-corrected chi connectivity index (χ1v) is 7.65. The van der Waals surface area contributed by atoms with E-state index in [0.29, 0.717) is 12.0 Å². The third kappa shape index (κ3) is 6.57. The van der Waals surface area contributed by atoms with Gasteiger partial charge in [0.1, 0.15) is 5.75 Å². The molecule has 1 fully saturated rings. The fourth-order valence-corrected chi connectivity index (χ4v) is 2.77. The van der Waals surface area contributed by atoms with Gasteiger partial charge in [0, 0.05) is 24.6 Å². The van der Waals surface area contributed by atoms with Crippen LogP contribution in [-0.2, 0) is 11.3 Å². The van der Waals surface area contributed by atoms with Gasteiger partial charge < -0.3 is 15.8 Å². The summed E-state index contributed by atoms with van der Waals surface area (Å²) in [6.07, 6.45) is -1.12. The van der Waals surface area contributed by atoms with Crippen LogP contribution in [0.4, 0.5) is 13.2 Å². The van der Waals surface area contributed by atoms with E-state index in [1.165, 1.54) is 6.07 Å². The first-order valence-electron chi connectivity index (χ1n) is 7.65. The molecule has 0 spiro atoms. The molecule has 2 rings (SSSR count). The van der Waals surface area contributed by atoms with Crippen LogP contribution < -0.4 is 15.8 Å². The summed E-state index contributed by atoms with van der Waals surface area (Å²) in [5.41, 5.74) is 6.45. The van der Waals surface area contributed by atoms with Gasteiger partial charge in [-0.15, -0.1) is 12.4 Å². The van der Waals surface area contributed by atoms with Crippen LogP contribution in [0.3, 0.4) is 0 Å². The molecular formula is C16H22ClF3N2O2. The van der Waals surface area contributed by atoms with Gasteiger partial charge in [-0.25, -0.2) is 0 Å². The number of amides is 1. The van der Waals surface area contributed by atoms with Crippen molar-refractivity contribution in [2.24, 2.45) is 11.7 Å². The monoisotopic (exact) mass is 366 g/mol. The highest BCUT2D eigenvalue weighted by atomic mass is 35.5. The first kappa shape index (κ1) is 20.6. The summed E-state index contributed by atoms with van der Waals surface area (Å²) >= 11 is 0. The maximum Gasteiger partial charge on any atom is 0.422 e. The topological polar surface area (TPSA) is 64.4 Å². The fraction of sp³-hybridized carbons (Fsp3) is 0.562. The molecule has 1 aliphatic carbocycles. The van der Waals surface area contributed by atoms with E-state index in [9.17, 15) is 18.0 Å². The Morgan fingerprint density at radius 3 is 2.62 bits per heavy atom. The van der Waals surface area contributed by atoms with E-state index >= 15 is 0 Å². The van der Waals surface area contributed by atoms with E-state index in [4.69, 9.17) is 10.5 Å². The predicted molar refractivity (Wildman–Crippen MR) is 87.0 cm³/mol. The van der Waals surface area contributed by atoms with Gasteiger partial charge >= 0.3 is 6.18 Å². The summed E-state index contributed by atoms with van der Waals surface area (Å²) in [5.74, 6) is 0.174. The van der Waals surface area contributed by atoms with Gasteiger partial charge in [-0.1, -0.05) is 24.6 Å². The lowest BCUT2D eigenvalue weighted by Crippen LogP contribution is -2.31. The minimum atomic E-state index is -4.39. The van der Waals surface area contributed by atoms with Gasteiger partial charge in [0.2, 0.25) is 5.91 Å². The zero-order chi connectivity index (χ0) is 16.9. The van der Waals surface area contributed by atoms with Gasteiger partial charge in [0.15, 0.2) is 6.61 Å². The van der Waals surface area contributed by atoms with Crippen LogP contribution in [-0.4, -0.2) is 24.7 Å². The molecule has 1 aromatic carbocycles. The molecule has 1 aromatic rings. The van der Waals surface area contributed by atoms with Crippen LogP contribution in [0, 0.1) is 5.92 Å². The van der Waals surface area contributed by atoms with Gasteiger partial charge in [0.25, 0.3) is 0 Å². The molecule has 3 N–H and O–H groups in total. The zero-order valence-electron chi connectivity index (χ0n) is 13.1. The lowest BCUT2D eigenvalue weighted by Gasteiger charge is -2.16. The van der Waals surface area contributed by atoms with Gasteiger partial charge in [-0.2, -0.15) is 13.2 Å². The summed E-state index contributed by atoms with van der Waals surface area (Å²) in [7, 11) is 0. The second kappa shape index (κ2) is 9.13. The summed E-state index contributed by atoms with van der Waals surface area (Å²) in [6.45, 7) is -1.22. The predicted octanol–water partition coefficient (Wildman–Crippen LogP) is 3.18. The van der Waals surface area contributed by atoms with Crippen LogP contribution in [0.5, 0.6) is 5.75 Å². The number of hydrogen-bond donors (Lipinski definition) is 2. The molecule has 4 nitrogen and oxygen atoms in total. The molecule has 0 unspecified atom stereocenters. The van der Waals surface area contributed by atoms with Crippen molar-refractivity contribution < 1.29 is 22.7 Å². The average molecular weight is 367 g/mol. The summed E-state index contributed by atoms with van der Waals surface area (Å²) in [5, 5.41) is 2.73. The van der Waals surface area contributed by atoms with E-state index < -0.39 is 12.8 Å². The molecule has 24 heavy (non-hydrogen) atoms.